The normalized spacial score (nSPS) is 13.2. The molecule has 3 heterocycles. The van der Waals surface area contributed by atoms with Gasteiger partial charge in [0.05, 0.1) is 38.7 Å². The zero-order chi connectivity index (χ0) is 25.8. The highest BCUT2D eigenvalue weighted by Crippen LogP contribution is 2.37. The van der Waals surface area contributed by atoms with E-state index in [2.05, 4.69) is 20.4 Å². The minimum atomic E-state index is -0.377. The Kier molecular flexibility index (Phi) is 7.07. The van der Waals surface area contributed by atoms with Crippen LogP contribution in [0.25, 0.3) is 10.9 Å². The highest BCUT2D eigenvalue weighted by atomic mass is 16.5. The van der Waals surface area contributed by atoms with Crippen molar-refractivity contribution in [2.45, 2.75) is 32.7 Å². The van der Waals surface area contributed by atoms with Gasteiger partial charge in [-0.15, -0.1) is 0 Å². The van der Waals surface area contributed by atoms with E-state index >= 15 is 0 Å². The van der Waals surface area contributed by atoms with E-state index in [0.29, 0.717) is 59.2 Å². The Morgan fingerprint density at radius 1 is 1.05 bits per heavy atom. The fourth-order valence-electron chi connectivity index (χ4n) is 4.05. The van der Waals surface area contributed by atoms with Crippen molar-refractivity contribution in [3.8, 4) is 28.7 Å². The zero-order valence-electron chi connectivity index (χ0n) is 21.1. The van der Waals surface area contributed by atoms with Gasteiger partial charge in [-0.3, -0.25) is 14.5 Å². The first-order valence-corrected chi connectivity index (χ1v) is 12.2. The number of anilines is 1. The molecule has 1 aromatic carbocycles. The van der Waals surface area contributed by atoms with Crippen LogP contribution in [-0.4, -0.2) is 46.5 Å². The average Bonchev–Trinajstić information content (AvgIpc) is 3.32. The average molecular weight is 504 g/mol. The van der Waals surface area contributed by atoms with Gasteiger partial charge in [-0.1, -0.05) is 6.42 Å². The Morgan fingerprint density at radius 3 is 2.54 bits per heavy atom. The number of nitrogens with one attached hydrogen (secondary N) is 1. The number of aryl methyl sites for hydroxylation is 1. The van der Waals surface area contributed by atoms with Crippen molar-refractivity contribution in [2.75, 3.05) is 26.1 Å². The number of carbonyl (C=O) groups excluding carboxylic acids is 1. The second-order valence-electron chi connectivity index (χ2n) is 8.77. The monoisotopic (exact) mass is 503 g/mol. The number of hydrogen-bond donors (Lipinski definition) is 1. The van der Waals surface area contributed by atoms with Gasteiger partial charge in [0.2, 0.25) is 0 Å². The summed E-state index contributed by atoms with van der Waals surface area (Å²) in [7, 11) is 3.16. The summed E-state index contributed by atoms with van der Waals surface area (Å²) in [6, 6.07) is 8.78. The molecule has 192 valence electrons. The van der Waals surface area contributed by atoms with Crippen molar-refractivity contribution in [3.05, 3.63) is 54.6 Å². The maximum absolute atomic E-state index is 13.0. The van der Waals surface area contributed by atoms with Crippen LogP contribution in [0.3, 0.4) is 0 Å². The van der Waals surface area contributed by atoms with Crippen molar-refractivity contribution in [1.29, 1.82) is 0 Å². The third kappa shape index (κ3) is 5.28. The molecule has 1 aliphatic carbocycles. The van der Waals surface area contributed by atoms with E-state index in [4.69, 9.17) is 18.9 Å². The second kappa shape index (κ2) is 10.7. The SMILES string of the molecule is CCn1cc(OCC2CCC2)c(C(=O)Nc2ccc(Oc3ccnc4cc(OC)c(OC)cc34)cn2)n1. The van der Waals surface area contributed by atoms with Crippen molar-refractivity contribution in [3.63, 3.8) is 0 Å². The van der Waals surface area contributed by atoms with Gasteiger partial charge in [0.25, 0.3) is 5.91 Å². The molecule has 1 N–H and O–H groups in total. The Labute approximate surface area is 214 Å². The van der Waals surface area contributed by atoms with Crippen LogP contribution in [0.1, 0.15) is 36.7 Å². The van der Waals surface area contributed by atoms with E-state index in [1.807, 2.05) is 13.0 Å². The molecular formula is C27H29N5O5. The molecule has 1 saturated carbocycles. The summed E-state index contributed by atoms with van der Waals surface area (Å²) in [5, 5.41) is 7.94. The highest BCUT2D eigenvalue weighted by Gasteiger charge is 2.22. The first-order valence-electron chi connectivity index (χ1n) is 12.2. The molecule has 1 fully saturated rings. The lowest BCUT2D eigenvalue weighted by Gasteiger charge is -2.24. The van der Waals surface area contributed by atoms with Gasteiger partial charge in [-0.2, -0.15) is 5.10 Å². The number of hydrogen-bond acceptors (Lipinski definition) is 8. The molecule has 10 heteroatoms. The minimum absolute atomic E-state index is 0.246. The Morgan fingerprint density at radius 2 is 1.86 bits per heavy atom. The molecule has 0 atom stereocenters. The molecule has 0 bridgehead atoms. The Balaban J connectivity index is 1.29. The van der Waals surface area contributed by atoms with Gasteiger partial charge in [0.15, 0.2) is 22.9 Å². The van der Waals surface area contributed by atoms with E-state index in [9.17, 15) is 4.79 Å². The quantitative estimate of drug-likeness (QED) is 0.319. The predicted octanol–water partition coefficient (Wildman–Crippen LogP) is 5.09. The van der Waals surface area contributed by atoms with Gasteiger partial charge in [0, 0.05) is 24.2 Å². The summed E-state index contributed by atoms with van der Waals surface area (Å²) in [5.41, 5.74) is 0.949. The fourth-order valence-corrected chi connectivity index (χ4v) is 4.05. The largest absolute Gasteiger partial charge is 0.493 e. The van der Waals surface area contributed by atoms with E-state index in [0.717, 1.165) is 5.39 Å². The summed E-state index contributed by atoms with van der Waals surface area (Å²) in [4.78, 5) is 21.7. The highest BCUT2D eigenvalue weighted by molar-refractivity contribution is 6.04. The zero-order valence-corrected chi connectivity index (χ0v) is 21.1. The molecule has 10 nitrogen and oxygen atoms in total. The molecule has 0 spiro atoms. The summed E-state index contributed by atoms with van der Waals surface area (Å²) in [6.07, 6.45) is 8.54. The number of rotatable bonds is 10. The Hall–Kier alpha value is -4.34. The van der Waals surface area contributed by atoms with Gasteiger partial charge in [0.1, 0.15) is 17.3 Å². The summed E-state index contributed by atoms with van der Waals surface area (Å²) in [6.45, 7) is 3.20. The maximum atomic E-state index is 13.0. The molecule has 0 radical (unpaired) electrons. The number of aromatic nitrogens is 4. The van der Waals surface area contributed by atoms with Gasteiger partial charge < -0.3 is 24.3 Å². The van der Waals surface area contributed by atoms with Gasteiger partial charge >= 0.3 is 0 Å². The first-order chi connectivity index (χ1) is 18.1. The number of pyridine rings is 2. The van der Waals surface area contributed by atoms with E-state index < -0.39 is 0 Å². The van der Waals surface area contributed by atoms with E-state index in [-0.39, 0.29) is 11.6 Å². The molecule has 1 amide bonds. The van der Waals surface area contributed by atoms with Gasteiger partial charge in [-0.05, 0) is 49.9 Å². The number of benzene rings is 1. The number of carbonyl (C=O) groups is 1. The van der Waals surface area contributed by atoms with Crippen LogP contribution in [0.2, 0.25) is 0 Å². The number of ether oxygens (including phenoxy) is 4. The maximum Gasteiger partial charge on any atom is 0.281 e. The van der Waals surface area contributed by atoms with Crippen LogP contribution in [0.4, 0.5) is 5.82 Å². The molecule has 37 heavy (non-hydrogen) atoms. The van der Waals surface area contributed by atoms with Crippen molar-refractivity contribution in [1.82, 2.24) is 19.7 Å². The predicted molar refractivity (Wildman–Crippen MR) is 138 cm³/mol. The number of methoxy groups -OCH3 is 2. The lowest BCUT2D eigenvalue weighted by molar-refractivity contribution is 0.101. The summed E-state index contributed by atoms with van der Waals surface area (Å²) < 4.78 is 24.5. The third-order valence-corrected chi connectivity index (χ3v) is 6.38. The third-order valence-electron chi connectivity index (χ3n) is 6.38. The van der Waals surface area contributed by atoms with Crippen LogP contribution >= 0.6 is 0 Å². The number of fused-ring (bicyclic) bond motifs is 1. The minimum Gasteiger partial charge on any atom is -0.493 e. The number of nitrogens with zero attached hydrogens (tertiary/aromatic N) is 4. The van der Waals surface area contributed by atoms with Crippen LogP contribution in [0, 0.1) is 5.92 Å². The molecule has 1 aliphatic rings. The lowest BCUT2D eigenvalue weighted by atomic mass is 9.86. The standard InChI is InChI=1S/C27H29N5O5/c1-4-32-15-24(36-16-17-6-5-7-17)26(31-32)27(33)30-25-9-8-18(14-29-25)37-21-10-11-28-20-13-23(35-3)22(34-2)12-19(20)21/h8-15,17H,4-7,16H2,1-3H3,(H,29,30,33). The van der Waals surface area contributed by atoms with Crippen LogP contribution in [0.15, 0.2) is 48.9 Å². The Bertz CT molecular complexity index is 1400. The van der Waals surface area contributed by atoms with Crippen LogP contribution < -0.4 is 24.3 Å². The van der Waals surface area contributed by atoms with Crippen LogP contribution in [-0.2, 0) is 6.54 Å². The van der Waals surface area contributed by atoms with E-state index in [1.165, 1.54) is 19.3 Å². The van der Waals surface area contributed by atoms with E-state index in [1.54, 1.807) is 61.8 Å². The van der Waals surface area contributed by atoms with Gasteiger partial charge in [-0.25, -0.2) is 4.98 Å². The number of amides is 1. The smallest absolute Gasteiger partial charge is 0.281 e. The summed E-state index contributed by atoms with van der Waals surface area (Å²) >= 11 is 0. The molecule has 0 aliphatic heterocycles. The van der Waals surface area contributed by atoms with Crippen LogP contribution in [0.5, 0.6) is 28.7 Å². The first kappa shape index (κ1) is 24.4. The molecule has 0 unspecified atom stereocenters. The fraction of sp³-hybridized carbons (Fsp3) is 0.333. The lowest BCUT2D eigenvalue weighted by Crippen LogP contribution is -2.20. The molecule has 0 saturated heterocycles. The molecule has 5 rings (SSSR count). The molecule has 4 aromatic rings. The van der Waals surface area contributed by atoms with Crippen molar-refractivity contribution >= 4 is 22.6 Å². The van der Waals surface area contributed by atoms with Crippen molar-refractivity contribution in [2.24, 2.45) is 5.92 Å². The topological polar surface area (TPSA) is 110 Å². The summed E-state index contributed by atoms with van der Waals surface area (Å²) in [5.74, 6) is 3.28. The van der Waals surface area contributed by atoms with Crippen molar-refractivity contribution < 1.29 is 23.7 Å². The second-order valence-corrected chi connectivity index (χ2v) is 8.77. The molecule has 3 aromatic heterocycles. The molecular weight excluding hydrogens is 474 g/mol.